The van der Waals surface area contributed by atoms with Crippen LogP contribution in [0.15, 0.2) is 0 Å². The highest BCUT2D eigenvalue weighted by Gasteiger charge is 2.21. The summed E-state index contributed by atoms with van der Waals surface area (Å²) < 4.78 is 0. The van der Waals surface area contributed by atoms with Crippen molar-refractivity contribution in [3.63, 3.8) is 0 Å². The summed E-state index contributed by atoms with van der Waals surface area (Å²) in [5, 5.41) is 3.73. The summed E-state index contributed by atoms with van der Waals surface area (Å²) in [4.78, 5) is 0. The van der Waals surface area contributed by atoms with Gasteiger partial charge in [0.15, 0.2) is 0 Å². The smallest absolute Gasteiger partial charge is 0.0173 e. The zero-order valence-electron chi connectivity index (χ0n) is 10.4. The van der Waals surface area contributed by atoms with E-state index in [-0.39, 0.29) is 0 Å². The molecule has 0 aliphatic heterocycles. The predicted molar refractivity (Wildman–Crippen MR) is 69.2 cm³/mol. The Morgan fingerprint density at radius 2 is 1.57 bits per heavy atom. The fraction of sp³-hybridized carbons (Fsp3) is 1.00. The first-order valence-corrected chi connectivity index (χ1v) is 7.38. The highest BCUT2D eigenvalue weighted by Crippen LogP contribution is 2.19. The molecule has 14 heavy (non-hydrogen) atoms. The molecule has 0 amide bonds. The summed E-state index contributed by atoms with van der Waals surface area (Å²) >= 11 is 1.95. The van der Waals surface area contributed by atoms with Crippen LogP contribution in [0.25, 0.3) is 0 Å². The minimum absolute atomic E-state index is 0.416. The van der Waals surface area contributed by atoms with E-state index in [1.165, 1.54) is 44.4 Å². The zero-order valence-corrected chi connectivity index (χ0v) is 11.2. The van der Waals surface area contributed by atoms with Crippen LogP contribution in [-0.2, 0) is 0 Å². The topological polar surface area (TPSA) is 12.0 Å². The van der Waals surface area contributed by atoms with Crippen molar-refractivity contribution >= 4 is 11.8 Å². The van der Waals surface area contributed by atoms with Crippen LogP contribution in [0.4, 0.5) is 0 Å². The van der Waals surface area contributed by atoms with Crippen LogP contribution >= 0.6 is 11.8 Å². The Kier molecular flexibility index (Phi) is 8.80. The Hall–Kier alpha value is 0.310. The molecule has 86 valence electrons. The molecular formula is C12H27NS. The summed E-state index contributed by atoms with van der Waals surface area (Å²) in [5.41, 5.74) is 0.416. The molecule has 0 rings (SSSR count). The Balaban J connectivity index is 3.61. The maximum absolute atomic E-state index is 3.73. The van der Waals surface area contributed by atoms with Crippen LogP contribution < -0.4 is 5.32 Å². The molecule has 1 N–H and O–H groups in total. The first-order valence-electron chi connectivity index (χ1n) is 5.98. The highest BCUT2D eigenvalue weighted by atomic mass is 32.2. The predicted octanol–water partition coefficient (Wildman–Crippen LogP) is 3.69. The molecule has 0 aliphatic carbocycles. The van der Waals surface area contributed by atoms with Crippen LogP contribution in [0, 0.1) is 0 Å². The van der Waals surface area contributed by atoms with Gasteiger partial charge in [0.05, 0.1) is 0 Å². The van der Waals surface area contributed by atoms with Crippen molar-refractivity contribution in [1.82, 2.24) is 5.32 Å². The van der Waals surface area contributed by atoms with E-state index in [1.54, 1.807) is 0 Å². The summed E-state index contributed by atoms with van der Waals surface area (Å²) in [5.74, 6) is 1.30. The molecule has 1 nitrogen and oxygen atoms in total. The standard InChI is InChI=1S/C12H27NS/c1-5-12(6-2,7-3)13-10-8-9-11-14-4/h13H,5-11H2,1-4H3. The molecule has 0 fully saturated rings. The third kappa shape index (κ3) is 5.26. The second-order valence-corrected chi connectivity index (χ2v) is 4.95. The minimum Gasteiger partial charge on any atom is -0.311 e. The summed E-state index contributed by atoms with van der Waals surface area (Å²) in [6.45, 7) is 8.07. The molecular weight excluding hydrogens is 190 g/mol. The Morgan fingerprint density at radius 3 is 2.00 bits per heavy atom. The molecule has 0 aromatic carbocycles. The number of hydrogen-bond donors (Lipinski definition) is 1. The largest absolute Gasteiger partial charge is 0.311 e. The molecule has 0 aliphatic rings. The SMILES string of the molecule is CCC(CC)(CC)NCCCCSC. The van der Waals surface area contributed by atoms with E-state index in [1.807, 2.05) is 11.8 Å². The number of nitrogens with one attached hydrogen (secondary N) is 1. The molecule has 0 aromatic rings. The maximum Gasteiger partial charge on any atom is 0.0173 e. The fourth-order valence-electron chi connectivity index (χ4n) is 1.85. The second kappa shape index (κ2) is 8.60. The summed E-state index contributed by atoms with van der Waals surface area (Å²) in [6.07, 6.45) is 8.61. The highest BCUT2D eigenvalue weighted by molar-refractivity contribution is 7.98. The molecule has 0 spiro atoms. The number of thioether (sulfide) groups is 1. The summed E-state index contributed by atoms with van der Waals surface area (Å²) in [6, 6.07) is 0. The third-order valence-electron chi connectivity index (χ3n) is 3.31. The second-order valence-electron chi connectivity index (χ2n) is 3.97. The van der Waals surface area contributed by atoms with Crippen molar-refractivity contribution in [1.29, 1.82) is 0 Å². The van der Waals surface area contributed by atoms with Crippen molar-refractivity contribution in [2.75, 3.05) is 18.6 Å². The van der Waals surface area contributed by atoms with Crippen LogP contribution in [0.3, 0.4) is 0 Å². The van der Waals surface area contributed by atoms with Crippen LogP contribution in [0.2, 0.25) is 0 Å². The van der Waals surface area contributed by atoms with Crippen molar-refractivity contribution in [3.8, 4) is 0 Å². The lowest BCUT2D eigenvalue weighted by Crippen LogP contribution is -2.44. The molecule has 0 bridgehead atoms. The average Bonchev–Trinajstić information content (AvgIpc) is 2.24. The van der Waals surface area contributed by atoms with E-state index in [0.29, 0.717) is 5.54 Å². The van der Waals surface area contributed by atoms with Gasteiger partial charge in [-0.1, -0.05) is 20.8 Å². The van der Waals surface area contributed by atoms with Crippen molar-refractivity contribution < 1.29 is 0 Å². The first kappa shape index (κ1) is 14.3. The van der Waals surface area contributed by atoms with E-state index in [0.717, 1.165) is 0 Å². The maximum atomic E-state index is 3.73. The lowest BCUT2D eigenvalue weighted by atomic mass is 9.90. The molecule has 0 saturated heterocycles. The zero-order chi connectivity index (χ0) is 10.9. The third-order valence-corrected chi connectivity index (χ3v) is 4.00. The Bertz CT molecular complexity index is 113. The lowest BCUT2D eigenvalue weighted by Gasteiger charge is -2.32. The molecule has 0 aromatic heterocycles. The van der Waals surface area contributed by atoms with Gasteiger partial charge in [0, 0.05) is 5.54 Å². The monoisotopic (exact) mass is 217 g/mol. The lowest BCUT2D eigenvalue weighted by molar-refractivity contribution is 0.289. The Morgan fingerprint density at radius 1 is 1.00 bits per heavy atom. The van der Waals surface area contributed by atoms with Gasteiger partial charge in [-0.05, 0) is 50.7 Å². The molecule has 0 saturated carbocycles. The van der Waals surface area contributed by atoms with Crippen LogP contribution in [0.5, 0.6) is 0 Å². The van der Waals surface area contributed by atoms with E-state index in [2.05, 4.69) is 32.3 Å². The van der Waals surface area contributed by atoms with Gasteiger partial charge in [-0.2, -0.15) is 11.8 Å². The van der Waals surface area contributed by atoms with Gasteiger partial charge in [-0.25, -0.2) is 0 Å². The van der Waals surface area contributed by atoms with Gasteiger partial charge in [0.25, 0.3) is 0 Å². The van der Waals surface area contributed by atoms with Crippen molar-refractivity contribution in [3.05, 3.63) is 0 Å². The molecule has 0 radical (unpaired) electrons. The fourth-order valence-corrected chi connectivity index (χ4v) is 2.34. The number of rotatable bonds is 9. The van der Waals surface area contributed by atoms with Crippen molar-refractivity contribution in [2.24, 2.45) is 0 Å². The minimum atomic E-state index is 0.416. The molecule has 0 heterocycles. The van der Waals surface area contributed by atoms with Gasteiger partial charge >= 0.3 is 0 Å². The quantitative estimate of drug-likeness (QED) is 0.591. The van der Waals surface area contributed by atoms with Gasteiger partial charge in [-0.3, -0.25) is 0 Å². The van der Waals surface area contributed by atoms with Crippen molar-refractivity contribution in [2.45, 2.75) is 58.4 Å². The number of hydrogen-bond acceptors (Lipinski definition) is 2. The Labute approximate surface area is 94.4 Å². The first-order chi connectivity index (χ1) is 6.74. The van der Waals surface area contributed by atoms with Crippen LogP contribution in [0.1, 0.15) is 52.9 Å². The average molecular weight is 217 g/mol. The van der Waals surface area contributed by atoms with E-state index in [9.17, 15) is 0 Å². The van der Waals surface area contributed by atoms with E-state index in [4.69, 9.17) is 0 Å². The van der Waals surface area contributed by atoms with Gasteiger partial charge in [0.1, 0.15) is 0 Å². The normalized spacial score (nSPS) is 12.0. The number of unbranched alkanes of at least 4 members (excludes halogenated alkanes) is 1. The summed E-state index contributed by atoms with van der Waals surface area (Å²) in [7, 11) is 0. The van der Waals surface area contributed by atoms with Gasteiger partial charge in [-0.15, -0.1) is 0 Å². The van der Waals surface area contributed by atoms with Gasteiger partial charge in [0.2, 0.25) is 0 Å². The van der Waals surface area contributed by atoms with Crippen LogP contribution in [-0.4, -0.2) is 24.1 Å². The molecule has 0 unspecified atom stereocenters. The van der Waals surface area contributed by atoms with Gasteiger partial charge < -0.3 is 5.32 Å². The van der Waals surface area contributed by atoms with E-state index >= 15 is 0 Å². The van der Waals surface area contributed by atoms with E-state index < -0.39 is 0 Å². The molecule has 2 heteroatoms. The molecule has 0 atom stereocenters.